The maximum atomic E-state index is 5.32. The number of fused-ring (bicyclic) bond motifs is 5. The molecule has 10 aromatic rings. The fourth-order valence-corrected chi connectivity index (χ4v) is 8.53. The molecule has 8 aromatic carbocycles. The summed E-state index contributed by atoms with van der Waals surface area (Å²) in [5, 5.41) is 7.26. The first-order valence-electron chi connectivity index (χ1n) is 17.1. The molecule has 0 bridgehead atoms. The summed E-state index contributed by atoms with van der Waals surface area (Å²) in [6, 6.07) is 62.1. The molecular weight excluding hydrogens is 639 g/mol. The normalized spacial score (nSPS) is 11.5. The highest BCUT2D eigenvalue weighted by Crippen LogP contribution is 2.41. The fourth-order valence-electron chi connectivity index (χ4n) is 7.32. The van der Waals surface area contributed by atoms with E-state index in [1.54, 1.807) is 11.3 Å². The molecule has 0 aliphatic rings. The van der Waals surface area contributed by atoms with E-state index in [-0.39, 0.29) is 0 Å². The average molecular weight is 668 g/mol. The Hall–Kier alpha value is -6.49. The van der Waals surface area contributed by atoms with Crippen molar-refractivity contribution >= 4 is 53.1 Å². The highest BCUT2D eigenvalue weighted by molar-refractivity contribution is 7.26. The van der Waals surface area contributed by atoms with E-state index in [0.29, 0.717) is 17.5 Å². The first-order valence-corrected chi connectivity index (χ1v) is 17.9. The minimum atomic E-state index is 0.643. The van der Waals surface area contributed by atoms with Gasteiger partial charge in [-0.25, -0.2) is 15.0 Å². The molecule has 3 nitrogen and oxygen atoms in total. The van der Waals surface area contributed by atoms with Gasteiger partial charge < -0.3 is 0 Å². The van der Waals surface area contributed by atoms with E-state index in [1.807, 2.05) is 0 Å². The molecule has 0 fully saturated rings. The topological polar surface area (TPSA) is 38.7 Å². The lowest BCUT2D eigenvalue weighted by Crippen LogP contribution is -2.02. The molecule has 238 valence electrons. The van der Waals surface area contributed by atoms with Gasteiger partial charge in [-0.2, -0.15) is 0 Å². The summed E-state index contributed by atoms with van der Waals surface area (Å²) >= 11 is 1.79. The number of aromatic nitrogens is 3. The maximum absolute atomic E-state index is 5.32. The Morgan fingerprint density at radius 1 is 0.314 bits per heavy atom. The minimum absolute atomic E-state index is 0.643. The molecule has 0 amide bonds. The molecule has 51 heavy (non-hydrogen) atoms. The monoisotopic (exact) mass is 667 g/mol. The third kappa shape index (κ3) is 5.08. The van der Waals surface area contributed by atoms with Crippen molar-refractivity contribution in [3.05, 3.63) is 176 Å². The predicted octanol–water partition coefficient (Wildman–Crippen LogP) is 12.9. The summed E-state index contributed by atoms with van der Waals surface area (Å²) in [4.78, 5) is 15.9. The Morgan fingerprint density at radius 3 is 1.63 bits per heavy atom. The summed E-state index contributed by atoms with van der Waals surface area (Å²) in [7, 11) is 0. The lowest BCUT2D eigenvalue weighted by atomic mass is 9.94. The fraction of sp³-hybridized carbons (Fsp3) is 0. The Bertz CT molecular complexity index is 2940. The van der Waals surface area contributed by atoms with E-state index in [0.717, 1.165) is 38.9 Å². The second kappa shape index (κ2) is 12.1. The van der Waals surface area contributed by atoms with Gasteiger partial charge in [-0.15, -0.1) is 11.3 Å². The smallest absolute Gasteiger partial charge is 0.165 e. The van der Waals surface area contributed by atoms with Crippen LogP contribution < -0.4 is 0 Å². The molecule has 0 atom stereocenters. The first-order chi connectivity index (χ1) is 25.3. The van der Waals surface area contributed by atoms with Crippen molar-refractivity contribution < 1.29 is 0 Å². The van der Waals surface area contributed by atoms with Gasteiger partial charge in [-0.05, 0) is 62.0 Å². The second-order valence-electron chi connectivity index (χ2n) is 12.8. The summed E-state index contributed by atoms with van der Waals surface area (Å²) in [6.45, 7) is 0. The molecule has 2 heterocycles. The Labute approximate surface area is 299 Å². The van der Waals surface area contributed by atoms with E-state index in [1.165, 1.54) is 41.7 Å². The Kier molecular flexibility index (Phi) is 7.00. The zero-order chi connectivity index (χ0) is 33.7. The van der Waals surface area contributed by atoms with Crippen molar-refractivity contribution in [3.63, 3.8) is 0 Å². The quantitative estimate of drug-likeness (QED) is 0.183. The van der Waals surface area contributed by atoms with E-state index in [9.17, 15) is 0 Å². The van der Waals surface area contributed by atoms with Crippen molar-refractivity contribution in [1.82, 2.24) is 15.0 Å². The summed E-state index contributed by atoms with van der Waals surface area (Å²) in [5.74, 6) is 1.95. The van der Waals surface area contributed by atoms with Crippen LogP contribution in [-0.4, -0.2) is 15.0 Å². The minimum Gasteiger partial charge on any atom is -0.208 e. The molecule has 0 radical (unpaired) electrons. The molecule has 2 aromatic heterocycles. The largest absolute Gasteiger partial charge is 0.208 e. The van der Waals surface area contributed by atoms with Crippen molar-refractivity contribution in [1.29, 1.82) is 0 Å². The number of rotatable bonds is 5. The summed E-state index contributed by atoms with van der Waals surface area (Å²) in [6.07, 6.45) is 0. The van der Waals surface area contributed by atoms with E-state index >= 15 is 0 Å². The zero-order valence-electron chi connectivity index (χ0n) is 27.5. The molecule has 10 rings (SSSR count). The van der Waals surface area contributed by atoms with Crippen molar-refractivity contribution in [2.45, 2.75) is 0 Å². The third-order valence-electron chi connectivity index (χ3n) is 9.76. The molecule has 4 heteroatoms. The molecule has 0 spiro atoms. The Balaban J connectivity index is 1.24. The average Bonchev–Trinajstić information content (AvgIpc) is 3.59. The lowest BCUT2D eigenvalue weighted by Gasteiger charge is -2.15. The number of hydrogen-bond donors (Lipinski definition) is 0. The SMILES string of the molecule is c1ccc(-c2nc(-c3ccccc3-c3cccc4ccccc34)nc(-c3cccc4c3sc3ccccc34)n2)c(-c2ccc3ccccc3c2)c1. The van der Waals surface area contributed by atoms with Crippen LogP contribution >= 0.6 is 11.3 Å². The van der Waals surface area contributed by atoms with Gasteiger partial charge in [0.05, 0.1) is 0 Å². The van der Waals surface area contributed by atoms with Crippen molar-refractivity contribution in [2.24, 2.45) is 0 Å². The van der Waals surface area contributed by atoms with Crippen molar-refractivity contribution in [2.75, 3.05) is 0 Å². The maximum Gasteiger partial charge on any atom is 0.165 e. The van der Waals surface area contributed by atoms with Crippen molar-refractivity contribution in [3.8, 4) is 56.4 Å². The van der Waals surface area contributed by atoms with Crippen LogP contribution in [0.4, 0.5) is 0 Å². The molecule has 0 saturated heterocycles. The number of nitrogens with zero attached hydrogens (tertiary/aromatic N) is 3. The molecule has 0 aliphatic carbocycles. The van der Waals surface area contributed by atoms with Gasteiger partial charge >= 0.3 is 0 Å². The number of thiophene rings is 1. The van der Waals surface area contributed by atoms with Crippen LogP contribution in [0.3, 0.4) is 0 Å². The molecule has 0 aliphatic heterocycles. The summed E-state index contributed by atoms with van der Waals surface area (Å²) in [5.41, 5.74) is 7.36. The number of hydrogen-bond acceptors (Lipinski definition) is 4. The van der Waals surface area contributed by atoms with Crippen LogP contribution in [-0.2, 0) is 0 Å². The van der Waals surface area contributed by atoms with Crippen LogP contribution in [0.5, 0.6) is 0 Å². The van der Waals surface area contributed by atoms with Crippen LogP contribution in [0.1, 0.15) is 0 Å². The van der Waals surface area contributed by atoms with E-state index in [4.69, 9.17) is 15.0 Å². The van der Waals surface area contributed by atoms with Crippen LogP contribution in [0.2, 0.25) is 0 Å². The third-order valence-corrected chi connectivity index (χ3v) is 11.0. The zero-order valence-corrected chi connectivity index (χ0v) is 28.3. The van der Waals surface area contributed by atoms with Gasteiger partial charge in [0.15, 0.2) is 17.5 Å². The standard InChI is InChI=1S/C47H29N3S/c1-2-15-32-29-33(28-27-30(32)13-1)35-18-5-7-21-40(35)45-48-46(41-22-8-6-19-37(41)36-23-11-16-31-14-3-4-17-34(31)36)50-47(49-45)42-25-12-24-39-38-20-9-10-26-43(38)51-44(39)42/h1-29H. The Morgan fingerprint density at radius 2 is 0.824 bits per heavy atom. The lowest BCUT2D eigenvalue weighted by molar-refractivity contribution is 1.08. The van der Waals surface area contributed by atoms with Gasteiger partial charge in [0.1, 0.15) is 0 Å². The van der Waals surface area contributed by atoms with Gasteiger partial charge in [0.2, 0.25) is 0 Å². The summed E-state index contributed by atoms with van der Waals surface area (Å²) < 4.78 is 2.42. The van der Waals surface area contributed by atoms with Gasteiger partial charge in [0, 0.05) is 36.9 Å². The van der Waals surface area contributed by atoms with Gasteiger partial charge in [0.25, 0.3) is 0 Å². The van der Waals surface area contributed by atoms with Gasteiger partial charge in [-0.1, -0.05) is 158 Å². The highest BCUT2D eigenvalue weighted by atomic mass is 32.1. The molecular formula is C47H29N3S. The second-order valence-corrected chi connectivity index (χ2v) is 13.8. The van der Waals surface area contributed by atoms with E-state index in [2.05, 4.69) is 176 Å². The highest BCUT2D eigenvalue weighted by Gasteiger charge is 2.20. The van der Waals surface area contributed by atoms with Crippen LogP contribution in [0, 0.1) is 0 Å². The molecule has 0 unspecified atom stereocenters. The molecule has 0 saturated carbocycles. The van der Waals surface area contributed by atoms with Crippen LogP contribution in [0.25, 0.3) is 98.1 Å². The first kappa shape index (κ1) is 29.4. The predicted molar refractivity (Wildman–Crippen MR) is 215 cm³/mol. The van der Waals surface area contributed by atoms with Crippen LogP contribution in [0.15, 0.2) is 176 Å². The van der Waals surface area contributed by atoms with E-state index < -0.39 is 0 Å². The number of benzene rings is 8. The van der Waals surface area contributed by atoms with Gasteiger partial charge in [-0.3, -0.25) is 0 Å². The molecule has 0 N–H and O–H groups in total.